The minimum Gasteiger partial charge on any atom is -0.497 e. The highest BCUT2D eigenvalue weighted by atomic mass is 32.2. The number of aromatic nitrogens is 2. The molecule has 0 fully saturated rings. The van der Waals surface area contributed by atoms with Crippen molar-refractivity contribution in [2.24, 2.45) is 0 Å². The summed E-state index contributed by atoms with van der Waals surface area (Å²) < 4.78 is 7.36. The van der Waals surface area contributed by atoms with Crippen LogP contribution in [0.4, 0.5) is 0 Å². The standard InChI is InChI=1S/C23H21N3OS/c1-3-17-14-22(28-13-12-16-8-10-18(27-2)11-9-16)26-21-7-5-4-6-20(21)25-23(26)19(17)15-24/h4-11,14H,3,12-13H2,1-2H3. The Morgan fingerprint density at radius 1 is 1.14 bits per heavy atom. The number of nitriles is 1. The van der Waals surface area contributed by atoms with Crippen LogP contribution < -0.4 is 4.74 Å². The molecule has 0 unspecified atom stereocenters. The molecule has 0 atom stereocenters. The van der Waals surface area contributed by atoms with Crippen LogP contribution in [0.5, 0.6) is 5.75 Å². The largest absolute Gasteiger partial charge is 0.497 e. The van der Waals surface area contributed by atoms with E-state index in [1.807, 2.05) is 30.3 Å². The first-order chi connectivity index (χ1) is 13.7. The van der Waals surface area contributed by atoms with Gasteiger partial charge in [0.05, 0.1) is 28.7 Å². The highest BCUT2D eigenvalue weighted by Gasteiger charge is 2.16. The molecular formula is C23H21N3OS. The van der Waals surface area contributed by atoms with Crippen LogP contribution in [-0.2, 0) is 12.8 Å². The molecule has 140 valence electrons. The van der Waals surface area contributed by atoms with Gasteiger partial charge >= 0.3 is 0 Å². The number of benzene rings is 2. The average Bonchev–Trinajstić information content (AvgIpc) is 3.13. The summed E-state index contributed by atoms with van der Waals surface area (Å²) in [5, 5.41) is 10.8. The smallest absolute Gasteiger partial charge is 0.157 e. The molecule has 2 aromatic heterocycles. The van der Waals surface area contributed by atoms with Crippen molar-refractivity contribution in [3.63, 3.8) is 0 Å². The van der Waals surface area contributed by atoms with E-state index >= 15 is 0 Å². The number of pyridine rings is 1. The predicted molar refractivity (Wildman–Crippen MR) is 114 cm³/mol. The molecule has 28 heavy (non-hydrogen) atoms. The van der Waals surface area contributed by atoms with Crippen LogP contribution in [0.3, 0.4) is 0 Å². The Morgan fingerprint density at radius 2 is 1.93 bits per heavy atom. The van der Waals surface area contributed by atoms with E-state index in [-0.39, 0.29) is 0 Å². The molecule has 0 aliphatic rings. The number of fused-ring (bicyclic) bond motifs is 3. The topological polar surface area (TPSA) is 50.3 Å². The Kier molecular flexibility index (Phi) is 5.23. The van der Waals surface area contributed by atoms with Crippen molar-refractivity contribution in [3.8, 4) is 11.8 Å². The van der Waals surface area contributed by atoms with Crippen LogP contribution in [0, 0.1) is 11.3 Å². The van der Waals surface area contributed by atoms with Gasteiger partial charge in [-0.25, -0.2) is 4.98 Å². The number of ether oxygens (including phenoxy) is 1. The van der Waals surface area contributed by atoms with Crippen molar-refractivity contribution in [1.82, 2.24) is 9.38 Å². The normalized spacial score (nSPS) is 11.0. The fourth-order valence-electron chi connectivity index (χ4n) is 3.42. The minimum atomic E-state index is 0.679. The fraction of sp³-hybridized carbons (Fsp3) is 0.217. The van der Waals surface area contributed by atoms with E-state index in [9.17, 15) is 5.26 Å². The van der Waals surface area contributed by atoms with Gasteiger partial charge in [-0.3, -0.25) is 4.40 Å². The van der Waals surface area contributed by atoms with E-state index in [0.717, 1.165) is 51.6 Å². The highest BCUT2D eigenvalue weighted by Crippen LogP contribution is 2.30. The van der Waals surface area contributed by atoms with Gasteiger partial charge in [-0.05, 0) is 54.3 Å². The third-order valence-electron chi connectivity index (χ3n) is 4.92. The lowest BCUT2D eigenvalue weighted by atomic mass is 10.1. The molecule has 4 nitrogen and oxygen atoms in total. The number of nitrogens with zero attached hydrogens (tertiary/aromatic N) is 3. The summed E-state index contributed by atoms with van der Waals surface area (Å²) in [6.45, 7) is 2.08. The molecule has 0 aliphatic heterocycles. The first kappa shape index (κ1) is 18.4. The summed E-state index contributed by atoms with van der Waals surface area (Å²) in [6.07, 6.45) is 1.78. The number of hydrogen-bond acceptors (Lipinski definition) is 4. The molecule has 2 aromatic carbocycles. The fourth-order valence-corrected chi connectivity index (χ4v) is 4.51. The molecule has 0 N–H and O–H groups in total. The Morgan fingerprint density at radius 3 is 2.64 bits per heavy atom. The monoisotopic (exact) mass is 387 g/mol. The zero-order valence-electron chi connectivity index (χ0n) is 16.0. The summed E-state index contributed by atoms with van der Waals surface area (Å²) in [5.74, 6) is 1.82. The van der Waals surface area contributed by atoms with E-state index in [1.165, 1.54) is 5.56 Å². The van der Waals surface area contributed by atoms with Gasteiger partial charge in [-0.15, -0.1) is 11.8 Å². The number of imidazole rings is 1. The van der Waals surface area contributed by atoms with E-state index in [2.05, 4.69) is 41.7 Å². The second-order valence-corrected chi connectivity index (χ2v) is 7.67. The lowest BCUT2D eigenvalue weighted by molar-refractivity contribution is 0.414. The summed E-state index contributed by atoms with van der Waals surface area (Å²) in [4.78, 5) is 4.75. The number of para-hydroxylation sites is 2. The van der Waals surface area contributed by atoms with Gasteiger partial charge in [0.15, 0.2) is 5.65 Å². The summed E-state index contributed by atoms with van der Waals surface area (Å²) in [7, 11) is 1.68. The van der Waals surface area contributed by atoms with Crippen LogP contribution in [-0.4, -0.2) is 22.2 Å². The minimum absolute atomic E-state index is 0.679. The first-order valence-electron chi connectivity index (χ1n) is 9.34. The maximum absolute atomic E-state index is 9.71. The van der Waals surface area contributed by atoms with E-state index in [4.69, 9.17) is 9.72 Å². The van der Waals surface area contributed by atoms with Crippen molar-refractivity contribution in [1.29, 1.82) is 5.26 Å². The maximum atomic E-state index is 9.71. The molecule has 0 saturated carbocycles. The van der Waals surface area contributed by atoms with Crippen molar-refractivity contribution >= 4 is 28.4 Å². The lowest BCUT2D eigenvalue weighted by Crippen LogP contribution is -2.00. The number of rotatable bonds is 6. The number of hydrogen-bond donors (Lipinski definition) is 0. The van der Waals surface area contributed by atoms with Gasteiger partial charge < -0.3 is 4.74 Å². The Balaban J connectivity index is 1.70. The van der Waals surface area contributed by atoms with Crippen LogP contribution in [0.15, 0.2) is 59.6 Å². The summed E-state index contributed by atoms with van der Waals surface area (Å²) in [5.41, 5.74) is 5.74. The second kappa shape index (κ2) is 7.95. The van der Waals surface area contributed by atoms with Crippen molar-refractivity contribution in [2.75, 3.05) is 12.9 Å². The molecular weight excluding hydrogens is 366 g/mol. The van der Waals surface area contributed by atoms with Crippen LogP contribution in [0.25, 0.3) is 16.7 Å². The number of methoxy groups -OCH3 is 1. The second-order valence-electron chi connectivity index (χ2n) is 6.55. The molecule has 0 spiro atoms. The van der Waals surface area contributed by atoms with Crippen molar-refractivity contribution < 1.29 is 4.74 Å². The maximum Gasteiger partial charge on any atom is 0.157 e. The van der Waals surface area contributed by atoms with E-state index in [0.29, 0.717) is 5.56 Å². The van der Waals surface area contributed by atoms with Gasteiger partial charge in [-0.2, -0.15) is 5.26 Å². The first-order valence-corrected chi connectivity index (χ1v) is 10.3. The molecule has 0 aliphatic carbocycles. The Bertz CT molecular complexity index is 1170. The third kappa shape index (κ3) is 3.32. The zero-order valence-corrected chi connectivity index (χ0v) is 16.8. The summed E-state index contributed by atoms with van der Waals surface area (Å²) in [6, 6.07) is 20.8. The van der Waals surface area contributed by atoms with Gasteiger partial charge in [0.1, 0.15) is 11.8 Å². The Hall–Kier alpha value is -2.97. The quantitative estimate of drug-likeness (QED) is 0.423. The third-order valence-corrected chi connectivity index (χ3v) is 5.92. The molecule has 5 heteroatoms. The van der Waals surface area contributed by atoms with Gasteiger partial charge in [0.2, 0.25) is 0 Å². The predicted octanol–water partition coefficient (Wildman–Crippen LogP) is 5.26. The van der Waals surface area contributed by atoms with Crippen molar-refractivity contribution in [3.05, 3.63) is 71.3 Å². The molecule has 4 rings (SSSR count). The van der Waals surface area contributed by atoms with Crippen molar-refractivity contribution in [2.45, 2.75) is 24.8 Å². The Labute approximate surface area is 168 Å². The molecule has 0 saturated heterocycles. The van der Waals surface area contributed by atoms with E-state index in [1.54, 1.807) is 18.9 Å². The van der Waals surface area contributed by atoms with Gasteiger partial charge in [0, 0.05) is 5.75 Å². The molecule has 0 radical (unpaired) electrons. The molecule has 0 amide bonds. The van der Waals surface area contributed by atoms with Gasteiger partial charge in [0.25, 0.3) is 0 Å². The lowest BCUT2D eigenvalue weighted by Gasteiger charge is -2.11. The highest BCUT2D eigenvalue weighted by molar-refractivity contribution is 7.99. The number of thioether (sulfide) groups is 1. The van der Waals surface area contributed by atoms with Crippen LogP contribution in [0.2, 0.25) is 0 Å². The number of aryl methyl sites for hydroxylation is 2. The van der Waals surface area contributed by atoms with Crippen LogP contribution >= 0.6 is 11.8 Å². The van der Waals surface area contributed by atoms with E-state index < -0.39 is 0 Å². The van der Waals surface area contributed by atoms with Gasteiger partial charge in [-0.1, -0.05) is 31.2 Å². The molecule has 4 aromatic rings. The zero-order chi connectivity index (χ0) is 19.5. The van der Waals surface area contributed by atoms with Crippen LogP contribution in [0.1, 0.15) is 23.6 Å². The molecule has 0 bridgehead atoms. The summed E-state index contributed by atoms with van der Waals surface area (Å²) >= 11 is 1.81. The average molecular weight is 388 g/mol. The molecule has 2 heterocycles. The SMILES string of the molecule is CCc1cc(SCCc2ccc(OC)cc2)n2c(nc3ccccc32)c1C#N.